The molecule has 7 heteroatoms. The molecule has 4 rings (SSSR count). The minimum atomic E-state index is -0.0972. The van der Waals surface area contributed by atoms with Crippen LogP contribution in [-0.4, -0.2) is 25.1 Å². The van der Waals surface area contributed by atoms with Gasteiger partial charge in [0.15, 0.2) is 17.1 Å². The molecule has 0 unspecified atom stereocenters. The molecule has 31 heavy (non-hydrogen) atoms. The maximum Gasteiger partial charge on any atom is 0.228 e. The number of aryl methyl sites for hydroxylation is 1. The van der Waals surface area contributed by atoms with E-state index in [0.29, 0.717) is 52.0 Å². The number of hydrogen-bond donors (Lipinski definition) is 1. The Morgan fingerprint density at radius 2 is 1.84 bits per heavy atom. The van der Waals surface area contributed by atoms with Crippen molar-refractivity contribution in [3.05, 3.63) is 71.2 Å². The van der Waals surface area contributed by atoms with Crippen molar-refractivity contribution in [2.45, 2.75) is 12.8 Å². The zero-order chi connectivity index (χ0) is 21.8. The summed E-state index contributed by atoms with van der Waals surface area (Å²) in [6.45, 7) is 0. The largest absolute Gasteiger partial charge is 0.493 e. The Labute approximate surface area is 184 Å². The Kier molecular flexibility index (Phi) is 6.09. The number of nitrogens with zero attached hydrogens (tertiary/aromatic N) is 1. The lowest BCUT2D eigenvalue weighted by atomic mass is 10.1. The SMILES string of the molecule is COc1ccc(CCC(=O)Nc2ccc3nc(-c4ccccc4Cl)oc3c2)cc1OC. The van der Waals surface area contributed by atoms with E-state index in [9.17, 15) is 4.79 Å². The van der Waals surface area contributed by atoms with Crippen molar-refractivity contribution in [2.75, 3.05) is 19.5 Å². The monoisotopic (exact) mass is 436 g/mol. The standard InChI is InChI=1S/C24H21ClN2O4/c1-29-20-11-7-15(13-22(20)30-2)8-12-23(28)26-16-9-10-19-21(14-16)31-24(27-19)17-5-3-4-6-18(17)25/h3-7,9-11,13-14H,8,12H2,1-2H3,(H,26,28). The Morgan fingerprint density at radius 1 is 1.03 bits per heavy atom. The van der Waals surface area contributed by atoms with Crippen LogP contribution in [0.4, 0.5) is 5.69 Å². The van der Waals surface area contributed by atoms with E-state index in [-0.39, 0.29) is 5.91 Å². The Balaban J connectivity index is 1.43. The van der Waals surface area contributed by atoms with E-state index < -0.39 is 0 Å². The van der Waals surface area contributed by atoms with Crippen molar-refractivity contribution in [3.63, 3.8) is 0 Å². The number of aromatic nitrogens is 1. The Morgan fingerprint density at radius 3 is 2.61 bits per heavy atom. The highest BCUT2D eigenvalue weighted by Gasteiger charge is 2.13. The fourth-order valence-corrected chi connectivity index (χ4v) is 3.49. The number of oxazole rings is 1. The highest BCUT2D eigenvalue weighted by molar-refractivity contribution is 6.33. The van der Waals surface area contributed by atoms with Gasteiger partial charge in [0.05, 0.1) is 24.8 Å². The topological polar surface area (TPSA) is 73.6 Å². The lowest BCUT2D eigenvalue weighted by Gasteiger charge is -2.09. The van der Waals surface area contributed by atoms with Gasteiger partial charge in [-0.2, -0.15) is 0 Å². The summed E-state index contributed by atoms with van der Waals surface area (Å²) in [4.78, 5) is 16.9. The Hall–Kier alpha value is -3.51. The smallest absolute Gasteiger partial charge is 0.228 e. The number of anilines is 1. The average Bonchev–Trinajstić information content (AvgIpc) is 3.21. The lowest BCUT2D eigenvalue weighted by molar-refractivity contribution is -0.116. The van der Waals surface area contributed by atoms with Gasteiger partial charge < -0.3 is 19.2 Å². The summed E-state index contributed by atoms with van der Waals surface area (Å²) < 4.78 is 16.4. The number of hydrogen-bond acceptors (Lipinski definition) is 5. The molecule has 0 atom stereocenters. The molecule has 1 aromatic heterocycles. The van der Waals surface area contributed by atoms with Crippen molar-refractivity contribution in [1.82, 2.24) is 4.98 Å². The van der Waals surface area contributed by atoms with Crippen molar-refractivity contribution in [2.24, 2.45) is 0 Å². The summed E-state index contributed by atoms with van der Waals surface area (Å²) in [6, 6.07) is 18.4. The van der Waals surface area contributed by atoms with Crippen LogP contribution in [0.2, 0.25) is 5.02 Å². The van der Waals surface area contributed by atoms with Gasteiger partial charge in [0.2, 0.25) is 11.8 Å². The van der Waals surface area contributed by atoms with Gasteiger partial charge in [0.25, 0.3) is 0 Å². The molecule has 158 valence electrons. The van der Waals surface area contributed by atoms with Gasteiger partial charge in [0, 0.05) is 18.2 Å². The first-order valence-corrected chi connectivity index (χ1v) is 10.1. The van der Waals surface area contributed by atoms with Crippen LogP contribution in [0.25, 0.3) is 22.6 Å². The second-order valence-corrected chi connectivity index (χ2v) is 7.33. The number of ether oxygens (including phenoxy) is 2. The van der Waals surface area contributed by atoms with E-state index in [1.54, 1.807) is 32.4 Å². The van der Waals surface area contributed by atoms with Gasteiger partial charge >= 0.3 is 0 Å². The number of amides is 1. The van der Waals surface area contributed by atoms with Gasteiger partial charge in [-0.25, -0.2) is 4.98 Å². The van der Waals surface area contributed by atoms with Crippen molar-refractivity contribution < 1.29 is 18.7 Å². The van der Waals surface area contributed by atoms with Crippen LogP contribution < -0.4 is 14.8 Å². The summed E-state index contributed by atoms with van der Waals surface area (Å²) >= 11 is 6.24. The minimum absolute atomic E-state index is 0.0972. The van der Waals surface area contributed by atoms with E-state index in [2.05, 4.69) is 10.3 Å². The zero-order valence-corrected chi connectivity index (χ0v) is 17.9. The molecular weight excluding hydrogens is 416 g/mol. The average molecular weight is 437 g/mol. The number of methoxy groups -OCH3 is 2. The summed E-state index contributed by atoms with van der Waals surface area (Å²) in [5, 5.41) is 3.47. The van der Waals surface area contributed by atoms with E-state index >= 15 is 0 Å². The first-order chi connectivity index (χ1) is 15.1. The minimum Gasteiger partial charge on any atom is -0.493 e. The third-order valence-corrected chi connectivity index (χ3v) is 5.19. The molecule has 0 aliphatic rings. The summed E-state index contributed by atoms with van der Waals surface area (Å²) in [6.07, 6.45) is 0.905. The molecule has 0 aliphatic carbocycles. The predicted molar refractivity (Wildman–Crippen MR) is 121 cm³/mol. The van der Waals surface area contributed by atoms with Gasteiger partial charge in [-0.1, -0.05) is 29.8 Å². The molecule has 1 N–H and O–H groups in total. The summed E-state index contributed by atoms with van der Waals surface area (Å²) in [7, 11) is 3.18. The first kappa shape index (κ1) is 20.8. The van der Waals surface area contributed by atoms with Crippen LogP contribution >= 0.6 is 11.6 Å². The molecule has 1 amide bonds. The Bertz CT molecular complexity index is 1240. The van der Waals surface area contributed by atoms with E-state index in [1.807, 2.05) is 42.5 Å². The number of halogens is 1. The van der Waals surface area contributed by atoms with Crippen LogP contribution in [-0.2, 0) is 11.2 Å². The molecular formula is C24H21ClN2O4. The fourth-order valence-electron chi connectivity index (χ4n) is 3.27. The van der Waals surface area contributed by atoms with E-state index in [1.165, 1.54) is 0 Å². The van der Waals surface area contributed by atoms with Gasteiger partial charge in [-0.05, 0) is 48.4 Å². The molecule has 0 spiro atoms. The molecule has 0 aliphatic heterocycles. The van der Waals surface area contributed by atoms with E-state index in [0.717, 1.165) is 11.1 Å². The third-order valence-electron chi connectivity index (χ3n) is 4.87. The normalized spacial score (nSPS) is 10.8. The summed E-state index contributed by atoms with van der Waals surface area (Å²) in [5.41, 5.74) is 3.63. The third kappa shape index (κ3) is 4.64. The van der Waals surface area contributed by atoms with Crippen LogP contribution in [0, 0.1) is 0 Å². The highest BCUT2D eigenvalue weighted by Crippen LogP contribution is 2.31. The molecule has 0 saturated heterocycles. The van der Waals surface area contributed by atoms with Crippen LogP contribution in [0.1, 0.15) is 12.0 Å². The molecule has 3 aromatic carbocycles. The zero-order valence-electron chi connectivity index (χ0n) is 17.1. The van der Waals surface area contributed by atoms with Crippen molar-refractivity contribution in [1.29, 1.82) is 0 Å². The number of carbonyl (C=O) groups is 1. The second kappa shape index (κ2) is 9.10. The second-order valence-electron chi connectivity index (χ2n) is 6.92. The predicted octanol–water partition coefficient (Wildman–Crippen LogP) is 5.74. The molecule has 1 heterocycles. The first-order valence-electron chi connectivity index (χ1n) is 9.73. The molecule has 0 bridgehead atoms. The van der Waals surface area contributed by atoms with Crippen LogP contribution in [0.15, 0.2) is 65.1 Å². The van der Waals surface area contributed by atoms with Gasteiger partial charge in [-0.15, -0.1) is 0 Å². The molecule has 0 fully saturated rings. The van der Waals surface area contributed by atoms with Gasteiger partial charge in [-0.3, -0.25) is 4.79 Å². The van der Waals surface area contributed by atoms with E-state index in [4.69, 9.17) is 25.5 Å². The highest BCUT2D eigenvalue weighted by atomic mass is 35.5. The number of nitrogens with one attached hydrogen (secondary N) is 1. The lowest BCUT2D eigenvalue weighted by Crippen LogP contribution is -2.12. The summed E-state index contributed by atoms with van der Waals surface area (Å²) in [5.74, 6) is 1.65. The van der Waals surface area contributed by atoms with Gasteiger partial charge in [0.1, 0.15) is 5.52 Å². The molecule has 6 nitrogen and oxygen atoms in total. The van der Waals surface area contributed by atoms with Crippen molar-refractivity contribution in [3.8, 4) is 23.0 Å². The quantitative estimate of drug-likeness (QED) is 0.400. The molecule has 0 saturated carbocycles. The number of rotatable bonds is 7. The fraction of sp³-hybridized carbons (Fsp3) is 0.167. The van der Waals surface area contributed by atoms with Crippen molar-refractivity contribution >= 4 is 34.3 Å². The molecule has 4 aromatic rings. The van der Waals surface area contributed by atoms with Crippen LogP contribution in [0.5, 0.6) is 11.5 Å². The maximum absolute atomic E-state index is 12.4. The van der Waals surface area contributed by atoms with Crippen LogP contribution in [0.3, 0.4) is 0 Å². The number of carbonyl (C=O) groups excluding carboxylic acids is 1. The number of benzene rings is 3. The maximum atomic E-state index is 12.4. The molecule has 0 radical (unpaired) electrons. The number of fused-ring (bicyclic) bond motifs is 1.